The van der Waals surface area contributed by atoms with Gasteiger partial charge in [0, 0.05) is 11.6 Å². The van der Waals surface area contributed by atoms with Crippen molar-refractivity contribution in [2.45, 2.75) is 39.7 Å². The summed E-state index contributed by atoms with van der Waals surface area (Å²) in [6.07, 6.45) is 2.22. The summed E-state index contributed by atoms with van der Waals surface area (Å²) in [6.45, 7) is 7.25. The molecule has 0 aromatic heterocycles. The second kappa shape index (κ2) is 7.12. The fourth-order valence-electron chi connectivity index (χ4n) is 2.22. The maximum atomic E-state index is 14.1. The van der Waals surface area contributed by atoms with Crippen LogP contribution in [0, 0.1) is 11.7 Å². The van der Waals surface area contributed by atoms with Crippen molar-refractivity contribution in [2.24, 2.45) is 5.92 Å². The van der Waals surface area contributed by atoms with Crippen LogP contribution in [0.3, 0.4) is 0 Å². The van der Waals surface area contributed by atoms with Crippen molar-refractivity contribution in [2.75, 3.05) is 6.54 Å². The summed E-state index contributed by atoms with van der Waals surface area (Å²) in [5.41, 5.74) is 0.766. The summed E-state index contributed by atoms with van der Waals surface area (Å²) < 4.78 is 14.6. The molecule has 1 aromatic rings. The van der Waals surface area contributed by atoms with Crippen LogP contribution in [-0.2, 0) is 0 Å². The van der Waals surface area contributed by atoms with Crippen molar-refractivity contribution in [3.8, 4) is 0 Å². The van der Waals surface area contributed by atoms with Gasteiger partial charge in [-0.2, -0.15) is 0 Å². The van der Waals surface area contributed by atoms with Gasteiger partial charge in [-0.25, -0.2) is 4.39 Å². The summed E-state index contributed by atoms with van der Waals surface area (Å²) in [5, 5.41) is 3.39. The quantitative estimate of drug-likeness (QED) is 0.805. The van der Waals surface area contributed by atoms with Crippen LogP contribution in [0.4, 0.5) is 4.39 Å². The Morgan fingerprint density at radius 2 is 2.06 bits per heavy atom. The highest BCUT2D eigenvalue weighted by atomic mass is 79.9. The first-order valence-electron chi connectivity index (χ1n) is 6.29. The Bertz CT molecular complexity index is 354. The predicted octanol–water partition coefficient (Wildman–Crippen LogP) is 4.68. The second-order valence-corrected chi connectivity index (χ2v) is 5.30. The zero-order valence-electron chi connectivity index (χ0n) is 10.8. The summed E-state index contributed by atoms with van der Waals surface area (Å²) in [6, 6.07) is 5.61. The van der Waals surface area contributed by atoms with E-state index in [4.69, 9.17) is 0 Å². The average molecular weight is 302 g/mol. The monoisotopic (exact) mass is 301 g/mol. The summed E-state index contributed by atoms with van der Waals surface area (Å²) >= 11 is 3.25. The Hall–Kier alpha value is -0.410. The Labute approximate surface area is 112 Å². The van der Waals surface area contributed by atoms with Gasteiger partial charge in [0.15, 0.2) is 0 Å². The largest absolute Gasteiger partial charge is 0.310 e. The molecular formula is C14H21BrFN. The van der Waals surface area contributed by atoms with Crippen LogP contribution in [0.5, 0.6) is 0 Å². The van der Waals surface area contributed by atoms with Gasteiger partial charge in [0.2, 0.25) is 0 Å². The molecule has 1 rings (SSSR count). The van der Waals surface area contributed by atoms with E-state index >= 15 is 0 Å². The van der Waals surface area contributed by atoms with Crippen LogP contribution in [0.2, 0.25) is 0 Å². The van der Waals surface area contributed by atoms with E-state index in [9.17, 15) is 4.39 Å². The summed E-state index contributed by atoms with van der Waals surface area (Å²) in [7, 11) is 0. The van der Waals surface area contributed by atoms with Crippen molar-refractivity contribution in [1.82, 2.24) is 5.32 Å². The molecule has 0 saturated carbocycles. The topological polar surface area (TPSA) is 12.0 Å². The number of benzene rings is 1. The van der Waals surface area contributed by atoms with Crippen LogP contribution < -0.4 is 5.32 Å². The molecule has 17 heavy (non-hydrogen) atoms. The first-order chi connectivity index (χ1) is 8.11. The highest BCUT2D eigenvalue weighted by Gasteiger charge is 2.21. The van der Waals surface area contributed by atoms with Gasteiger partial charge in [-0.3, -0.25) is 0 Å². The van der Waals surface area contributed by atoms with Gasteiger partial charge >= 0.3 is 0 Å². The molecule has 0 bridgehead atoms. The molecule has 1 aromatic carbocycles. The zero-order chi connectivity index (χ0) is 12.8. The molecule has 0 aliphatic rings. The molecule has 1 N–H and O–H groups in total. The van der Waals surface area contributed by atoms with Crippen LogP contribution >= 0.6 is 15.9 Å². The lowest BCUT2D eigenvalue weighted by molar-refractivity contribution is 0.358. The number of rotatable bonds is 6. The number of hydrogen-bond acceptors (Lipinski definition) is 1. The van der Waals surface area contributed by atoms with Crippen molar-refractivity contribution >= 4 is 15.9 Å². The Morgan fingerprint density at radius 3 is 2.65 bits per heavy atom. The highest BCUT2D eigenvalue weighted by molar-refractivity contribution is 9.10. The maximum Gasteiger partial charge on any atom is 0.142 e. The standard InChI is InChI=1S/C14H21BrFN/c1-4-7-10(3)14(17-5-2)11-8-6-9-12(15)13(11)16/h6,8-10,14,17H,4-5,7H2,1-3H3. The van der Waals surface area contributed by atoms with Gasteiger partial charge in [0.1, 0.15) is 5.82 Å². The van der Waals surface area contributed by atoms with E-state index in [1.807, 2.05) is 12.1 Å². The van der Waals surface area contributed by atoms with E-state index in [0.717, 1.165) is 24.9 Å². The van der Waals surface area contributed by atoms with E-state index in [1.165, 1.54) is 0 Å². The van der Waals surface area contributed by atoms with Gasteiger partial charge in [-0.15, -0.1) is 0 Å². The molecule has 0 fully saturated rings. The fraction of sp³-hybridized carbons (Fsp3) is 0.571. The van der Waals surface area contributed by atoms with Crippen LogP contribution in [-0.4, -0.2) is 6.54 Å². The minimum Gasteiger partial charge on any atom is -0.310 e. The maximum absolute atomic E-state index is 14.1. The lowest BCUT2D eigenvalue weighted by Gasteiger charge is -2.25. The molecule has 0 heterocycles. The third-order valence-corrected chi connectivity index (χ3v) is 3.67. The first-order valence-corrected chi connectivity index (χ1v) is 7.08. The smallest absolute Gasteiger partial charge is 0.142 e. The van der Waals surface area contributed by atoms with Crippen molar-refractivity contribution < 1.29 is 4.39 Å². The van der Waals surface area contributed by atoms with Crippen LogP contribution in [0.15, 0.2) is 22.7 Å². The zero-order valence-corrected chi connectivity index (χ0v) is 12.3. The van der Waals surface area contributed by atoms with Gasteiger partial charge in [-0.1, -0.05) is 39.3 Å². The molecule has 0 spiro atoms. The van der Waals surface area contributed by atoms with Gasteiger partial charge in [-0.05, 0) is 40.9 Å². The molecule has 0 aliphatic heterocycles. The normalized spacial score (nSPS) is 14.6. The second-order valence-electron chi connectivity index (χ2n) is 4.44. The molecule has 0 amide bonds. The first kappa shape index (κ1) is 14.7. The van der Waals surface area contributed by atoms with E-state index in [0.29, 0.717) is 10.4 Å². The van der Waals surface area contributed by atoms with E-state index in [-0.39, 0.29) is 11.9 Å². The van der Waals surface area contributed by atoms with Crippen molar-refractivity contribution in [1.29, 1.82) is 0 Å². The lowest BCUT2D eigenvalue weighted by atomic mass is 9.90. The molecular weight excluding hydrogens is 281 g/mol. The number of nitrogens with one attached hydrogen (secondary N) is 1. The third kappa shape index (κ3) is 3.78. The molecule has 1 nitrogen and oxygen atoms in total. The SMILES string of the molecule is CCCC(C)C(NCC)c1cccc(Br)c1F. The number of halogens is 2. The molecule has 0 radical (unpaired) electrons. The Kier molecular flexibility index (Phi) is 6.14. The molecule has 0 saturated heterocycles. The molecule has 0 aliphatic carbocycles. The van der Waals surface area contributed by atoms with Crippen molar-refractivity contribution in [3.05, 3.63) is 34.1 Å². The summed E-state index contributed by atoms with van der Waals surface area (Å²) in [4.78, 5) is 0. The Balaban J connectivity index is 3.00. The average Bonchev–Trinajstić information content (AvgIpc) is 2.30. The minimum absolute atomic E-state index is 0.0949. The lowest BCUT2D eigenvalue weighted by Crippen LogP contribution is -2.27. The van der Waals surface area contributed by atoms with E-state index in [2.05, 4.69) is 42.0 Å². The fourth-order valence-corrected chi connectivity index (χ4v) is 2.60. The van der Waals surface area contributed by atoms with E-state index in [1.54, 1.807) is 6.07 Å². The highest BCUT2D eigenvalue weighted by Crippen LogP contribution is 2.30. The summed E-state index contributed by atoms with van der Waals surface area (Å²) in [5.74, 6) is 0.296. The van der Waals surface area contributed by atoms with Gasteiger partial charge in [0.05, 0.1) is 4.47 Å². The predicted molar refractivity (Wildman–Crippen MR) is 74.6 cm³/mol. The molecule has 96 valence electrons. The van der Waals surface area contributed by atoms with Gasteiger partial charge in [0.25, 0.3) is 0 Å². The molecule has 3 heteroatoms. The van der Waals surface area contributed by atoms with Crippen LogP contribution in [0.25, 0.3) is 0 Å². The minimum atomic E-state index is -0.138. The Morgan fingerprint density at radius 1 is 1.35 bits per heavy atom. The number of hydrogen-bond donors (Lipinski definition) is 1. The van der Waals surface area contributed by atoms with Crippen molar-refractivity contribution in [3.63, 3.8) is 0 Å². The molecule has 2 unspecified atom stereocenters. The van der Waals surface area contributed by atoms with Crippen LogP contribution in [0.1, 0.15) is 45.2 Å². The van der Waals surface area contributed by atoms with E-state index < -0.39 is 0 Å². The molecule has 2 atom stereocenters. The van der Waals surface area contributed by atoms with Gasteiger partial charge < -0.3 is 5.32 Å². The third-order valence-electron chi connectivity index (χ3n) is 3.05.